The predicted octanol–water partition coefficient (Wildman–Crippen LogP) is 3.06. The van der Waals surface area contributed by atoms with Gasteiger partial charge in [-0.3, -0.25) is 0 Å². The minimum Gasteiger partial charge on any atom is -0.497 e. The fraction of sp³-hybridized carbons (Fsp3) is 0.500. The molecule has 2 amide bonds. The van der Waals surface area contributed by atoms with Crippen LogP contribution in [0.25, 0.3) is 0 Å². The van der Waals surface area contributed by atoms with Gasteiger partial charge in [0.05, 0.1) is 25.8 Å². The normalized spacial score (nSPS) is 24.9. The molecule has 3 atom stereocenters. The fourth-order valence-corrected chi connectivity index (χ4v) is 3.75. The minimum atomic E-state index is -0.687. The Morgan fingerprint density at radius 2 is 1.96 bits per heavy atom. The Hall–Kier alpha value is -2.70. The monoisotopic (exact) mass is 374 g/mol. The van der Waals surface area contributed by atoms with Gasteiger partial charge in [-0.25, -0.2) is 9.59 Å². The van der Waals surface area contributed by atoms with Crippen LogP contribution in [-0.2, 0) is 9.53 Å². The minimum absolute atomic E-state index is 0.0942. The van der Waals surface area contributed by atoms with Gasteiger partial charge < -0.3 is 24.8 Å². The number of hydrogen-bond acceptors (Lipinski definition) is 5. The molecule has 1 aromatic carbocycles. The average Bonchev–Trinajstić information content (AvgIpc) is 3.04. The number of benzene rings is 1. The Balaban J connectivity index is 1.98. The molecule has 1 aliphatic heterocycles. The largest absolute Gasteiger partial charge is 0.497 e. The lowest BCUT2D eigenvalue weighted by Crippen LogP contribution is -2.45. The zero-order chi connectivity index (χ0) is 19.6. The average molecular weight is 374 g/mol. The molecule has 1 fully saturated rings. The van der Waals surface area contributed by atoms with Gasteiger partial charge in [0.2, 0.25) is 0 Å². The van der Waals surface area contributed by atoms with E-state index in [0.29, 0.717) is 34.3 Å². The summed E-state index contributed by atoms with van der Waals surface area (Å²) in [5, 5.41) is 5.48. The maximum atomic E-state index is 13.0. The highest BCUT2D eigenvalue weighted by molar-refractivity contribution is 5.95. The van der Waals surface area contributed by atoms with Crippen molar-refractivity contribution in [2.75, 3.05) is 14.2 Å². The van der Waals surface area contributed by atoms with E-state index in [0.717, 1.165) is 19.3 Å². The molecule has 27 heavy (non-hydrogen) atoms. The fourth-order valence-electron chi connectivity index (χ4n) is 3.75. The first-order chi connectivity index (χ1) is 12.9. The summed E-state index contributed by atoms with van der Waals surface area (Å²) in [5.74, 6) is 1.07. The Morgan fingerprint density at radius 3 is 2.59 bits per heavy atom. The maximum Gasteiger partial charge on any atom is 0.338 e. The van der Waals surface area contributed by atoms with Crippen LogP contribution >= 0.6 is 0 Å². The van der Waals surface area contributed by atoms with E-state index in [4.69, 9.17) is 14.2 Å². The second kappa shape index (κ2) is 7.90. The van der Waals surface area contributed by atoms with Crippen molar-refractivity contribution in [3.63, 3.8) is 0 Å². The lowest BCUT2D eigenvalue weighted by atomic mass is 9.94. The standard InChI is InChI=1S/C20H26N2O5/c1-11-6-5-7-15(11)27-19(23)17-12(2)21-20(24)22-18(17)14-10-13(25-3)8-9-16(14)26-4/h8-11,15,18H,5-7H2,1-4H3,(H2,21,22,24)/t11-,15+,18+/m1/s1. The van der Waals surface area contributed by atoms with Crippen molar-refractivity contribution in [1.82, 2.24) is 10.6 Å². The van der Waals surface area contributed by atoms with Gasteiger partial charge >= 0.3 is 12.0 Å². The first kappa shape index (κ1) is 19.1. The molecular weight excluding hydrogens is 348 g/mol. The summed E-state index contributed by atoms with van der Waals surface area (Å²) in [4.78, 5) is 25.1. The number of esters is 1. The number of carbonyl (C=O) groups excluding carboxylic acids is 2. The molecule has 7 heteroatoms. The molecule has 1 heterocycles. The van der Waals surface area contributed by atoms with E-state index in [1.54, 1.807) is 39.3 Å². The number of allylic oxidation sites excluding steroid dienone is 1. The highest BCUT2D eigenvalue weighted by atomic mass is 16.5. The molecule has 7 nitrogen and oxygen atoms in total. The molecule has 0 saturated heterocycles. The van der Waals surface area contributed by atoms with Crippen LogP contribution in [0.5, 0.6) is 11.5 Å². The summed E-state index contributed by atoms with van der Waals surface area (Å²) in [6.45, 7) is 3.79. The highest BCUT2D eigenvalue weighted by Crippen LogP contribution is 2.37. The smallest absolute Gasteiger partial charge is 0.338 e. The third kappa shape index (κ3) is 3.86. The second-order valence-corrected chi connectivity index (χ2v) is 7.03. The molecule has 0 aromatic heterocycles. The molecule has 3 rings (SSSR count). The molecule has 1 aliphatic carbocycles. The topological polar surface area (TPSA) is 85.9 Å². The quantitative estimate of drug-likeness (QED) is 0.774. The van der Waals surface area contributed by atoms with E-state index < -0.39 is 12.0 Å². The van der Waals surface area contributed by atoms with Crippen molar-refractivity contribution in [2.45, 2.75) is 45.3 Å². The van der Waals surface area contributed by atoms with Crippen LogP contribution in [0.2, 0.25) is 0 Å². The van der Waals surface area contributed by atoms with Crippen LogP contribution in [0, 0.1) is 5.92 Å². The molecule has 1 saturated carbocycles. The van der Waals surface area contributed by atoms with Crippen molar-refractivity contribution in [3.8, 4) is 11.5 Å². The first-order valence-corrected chi connectivity index (χ1v) is 9.15. The van der Waals surface area contributed by atoms with E-state index in [1.165, 1.54) is 0 Å². The molecule has 2 aliphatic rings. The van der Waals surface area contributed by atoms with Crippen molar-refractivity contribution in [3.05, 3.63) is 35.0 Å². The summed E-state index contributed by atoms with van der Waals surface area (Å²) >= 11 is 0. The van der Waals surface area contributed by atoms with Crippen LogP contribution < -0.4 is 20.1 Å². The van der Waals surface area contributed by atoms with E-state index in [1.807, 2.05) is 0 Å². The predicted molar refractivity (Wildman–Crippen MR) is 99.5 cm³/mol. The Kier molecular flexibility index (Phi) is 5.58. The van der Waals surface area contributed by atoms with Crippen molar-refractivity contribution in [1.29, 1.82) is 0 Å². The van der Waals surface area contributed by atoms with Crippen molar-refractivity contribution in [2.24, 2.45) is 5.92 Å². The van der Waals surface area contributed by atoms with E-state index in [-0.39, 0.29) is 12.1 Å². The third-order valence-corrected chi connectivity index (χ3v) is 5.28. The lowest BCUT2D eigenvalue weighted by molar-refractivity contribution is -0.146. The Labute approximate surface area is 159 Å². The number of rotatable bonds is 5. The van der Waals surface area contributed by atoms with Gasteiger partial charge in [-0.2, -0.15) is 0 Å². The molecule has 1 aromatic rings. The summed E-state index contributed by atoms with van der Waals surface area (Å²) < 4.78 is 16.5. The summed E-state index contributed by atoms with van der Waals surface area (Å²) in [7, 11) is 3.10. The number of nitrogens with one attached hydrogen (secondary N) is 2. The van der Waals surface area contributed by atoms with Crippen LogP contribution in [-0.4, -0.2) is 32.3 Å². The van der Waals surface area contributed by atoms with Crippen LogP contribution in [0.3, 0.4) is 0 Å². The van der Waals surface area contributed by atoms with Gasteiger partial charge in [0.25, 0.3) is 0 Å². The lowest BCUT2D eigenvalue weighted by Gasteiger charge is -2.30. The summed E-state index contributed by atoms with van der Waals surface area (Å²) in [5.41, 5.74) is 1.49. The third-order valence-electron chi connectivity index (χ3n) is 5.28. The molecule has 0 bridgehead atoms. The SMILES string of the molecule is COc1ccc(OC)c([C@@H]2NC(=O)NC(C)=C2C(=O)O[C@H]2CCC[C@H]2C)c1. The van der Waals surface area contributed by atoms with Gasteiger partial charge in [0.15, 0.2) is 0 Å². The molecule has 0 radical (unpaired) electrons. The molecule has 2 N–H and O–H groups in total. The Bertz CT molecular complexity index is 774. The van der Waals surface area contributed by atoms with Crippen molar-refractivity contribution >= 4 is 12.0 Å². The Morgan fingerprint density at radius 1 is 1.19 bits per heavy atom. The van der Waals surface area contributed by atoms with Crippen LogP contribution in [0.4, 0.5) is 4.79 Å². The van der Waals surface area contributed by atoms with Gasteiger partial charge in [-0.1, -0.05) is 6.92 Å². The van der Waals surface area contributed by atoms with E-state index in [2.05, 4.69) is 17.6 Å². The van der Waals surface area contributed by atoms with Gasteiger partial charge in [0, 0.05) is 11.3 Å². The zero-order valence-electron chi connectivity index (χ0n) is 16.1. The highest BCUT2D eigenvalue weighted by Gasteiger charge is 2.36. The number of hydrogen-bond donors (Lipinski definition) is 2. The summed E-state index contributed by atoms with van der Waals surface area (Å²) in [6, 6.07) is 4.20. The maximum absolute atomic E-state index is 13.0. The van der Waals surface area contributed by atoms with E-state index in [9.17, 15) is 9.59 Å². The first-order valence-electron chi connectivity index (χ1n) is 9.15. The number of methoxy groups -OCH3 is 2. The summed E-state index contributed by atoms with van der Waals surface area (Å²) in [6.07, 6.45) is 2.88. The number of carbonyl (C=O) groups is 2. The molecule has 0 unspecified atom stereocenters. The number of ether oxygens (including phenoxy) is 3. The molecular formula is C20H26N2O5. The number of urea groups is 1. The van der Waals surface area contributed by atoms with Gasteiger partial charge in [0.1, 0.15) is 17.6 Å². The van der Waals surface area contributed by atoms with E-state index >= 15 is 0 Å². The van der Waals surface area contributed by atoms with Crippen LogP contribution in [0.1, 0.15) is 44.7 Å². The second-order valence-electron chi connectivity index (χ2n) is 7.03. The zero-order valence-corrected chi connectivity index (χ0v) is 16.1. The van der Waals surface area contributed by atoms with Gasteiger partial charge in [-0.05, 0) is 50.3 Å². The van der Waals surface area contributed by atoms with Crippen LogP contribution in [0.15, 0.2) is 29.5 Å². The molecule has 146 valence electrons. The molecule has 0 spiro atoms. The number of amides is 2. The van der Waals surface area contributed by atoms with Crippen molar-refractivity contribution < 1.29 is 23.8 Å². The van der Waals surface area contributed by atoms with Gasteiger partial charge in [-0.15, -0.1) is 0 Å².